The molecule has 8 heteroatoms. The first-order valence-corrected chi connectivity index (χ1v) is 7.73. The van der Waals surface area contributed by atoms with Crippen LogP contribution in [0.15, 0.2) is 24.3 Å². The van der Waals surface area contributed by atoms with E-state index in [2.05, 4.69) is 10.6 Å². The molecule has 0 aliphatic carbocycles. The molecule has 7 nitrogen and oxygen atoms in total. The number of primary amides is 1. The molecule has 0 bridgehead atoms. The Balaban J connectivity index is 2.96. The van der Waals surface area contributed by atoms with Gasteiger partial charge in [-0.25, -0.2) is 4.39 Å². The second-order valence-electron chi connectivity index (χ2n) is 5.78. The average Bonchev–Trinajstić information content (AvgIpc) is 2.53. The Morgan fingerprint density at radius 2 is 1.92 bits per heavy atom. The molecule has 1 aromatic rings. The number of amides is 3. The number of hydrogen-bond acceptors (Lipinski definition) is 4. The highest BCUT2D eigenvalue weighted by molar-refractivity contribution is 5.91. The summed E-state index contributed by atoms with van der Waals surface area (Å²) < 4.78 is 13.8. The number of carbonyl (C=O) groups excluding carboxylic acids is 3. The van der Waals surface area contributed by atoms with Crippen molar-refractivity contribution in [3.05, 3.63) is 35.6 Å². The molecular formula is C17H21FN4O3. The normalized spacial score (nSPS) is 13.8. The Kier molecular flexibility index (Phi) is 7.53. The predicted octanol–water partition coefficient (Wildman–Crippen LogP) is 0.393. The molecule has 3 atom stereocenters. The summed E-state index contributed by atoms with van der Waals surface area (Å²) in [4.78, 5) is 35.4. The lowest BCUT2D eigenvalue weighted by Gasteiger charge is -2.24. The van der Waals surface area contributed by atoms with Gasteiger partial charge in [0.1, 0.15) is 17.9 Å². The topological polar surface area (TPSA) is 125 Å². The van der Waals surface area contributed by atoms with Crippen LogP contribution >= 0.6 is 0 Å². The van der Waals surface area contributed by atoms with Crippen LogP contribution in [0.25, 0.3) is 0 Å². The summed E-state index contributed by atoms with van der Waals surface area (Å²) in [6.07, 6.45) is -0.0673. The highest BCUT2D eigenvalue weighted by Gasteiger charge is 2.29. The number of halogens is 1. The van der Waals surface area contributed by atoms with Crippen molar-refractivity contribution in [2.24, 2.45) is 11.7 Å². The van der Waals surface area contributed by atoms with Gasteiger partial charge in [0.25, 0.3) is 0 Å². The van der Waals surface area contributed by atoms with Gasteiger partial charge in [-0.2, -0.15) is 5.26 Å². The molecule has 3 amide bonds. The fourth-order valence-corrected chi connectivity index (χ4v) is 2.35. The van der Waals surface area contributed by atoms with Crippen LogP contribution in [0.5, 0.6) is 0 Å². The molecule has 25 heavy (non-hydrogen) atoms. The van der Waals surface area contributed by atoms with Crippen molar-refractivity contribution >= 4 is 17.7 Å². The van der Waals surface area contributed by atoms with E-state index in [1.165, 1.54) is 25.1 Å². The lowest BCUT2D eigenvalue weighted by molar-refractivity contribution is -0.131. The van der Waals surface area contributed by atoms with E-state index in [1.807, 2.05) is 6.07 Å². The number of nitrogens with one attached hydrogen (secondary N) is 2. The summed E-state index contributed by atoms with van der Waals surface area (Å²) in [5, 5.41) is 13.6. The highest BCUT2D eigenvalue weighted by Crippen LogP contribution is 2.11. The van der Waals surface area contributed by atoms with Crippen LogP contribution in [0.1, 0.15) is 25.8 Å². The minimum atomic E-state index is -1.08. The first-order chi connectivity index (χ1) is 11.8. The van der Waals surface area contributed by atoms with Gasteiger partial charge in [0.05, 0.1) is 6.07 Å². The van der Waals surface area contributed by atoms with Crippen molar-refractivity contribution in [1.29, 1.82) is 5.26 Å². The third-order valence-corrected chi connectivity index (χ3v) is 3.66. The average molecular weight is 348 g/mol. The van der Waals surface area contributed by atoms with Crippen LogP contribution in [0.2, 0.25) is 0 Å². The molecule has 1 rings (SSSR count). The van der Waals surface area contributed by atoms with E-state index in [0.29, 0.717) is 0 Å². The van der Waals surface area contributed by atoms with Crippen molar-refractivity contribution < 1.29 is 18.8 Å². The molecule has 0 unspecified atom stereocenters. The first-order valence-electron chi connectivity index (χ1n) is 7.73. The van der Waals surface area contributed by atoms with Crippen LogP contribution in [-0.2, 0) is 20.8 Å². The lowest BCUT2D eigenvalue weighted by atomic mass is 9.97. The molecule has 0 saturated carbocycles. The summed E-state index contributed by atoms with van der Waals surface area (Å²) in [6, 6.07) is 5.64. The van der Waals surface area contributed by atoms with Gasteiger partial charge >= 0.3 is 0 Å². The molecule has 0 radical (unpaired) electrons. The third kappa shape index (κ3) is 6.22. The molecule has 0 aliphatic rings. The van der Waals surface area contributed by atoms with E-state index in [9.17, 15) is 18.8 Å². The van der Waals surface area contributed by atoms with Gasteiger partial charge in [0, 0.05) is 19.8 Å². The van der Waals surface area contributed by atoms with Crippen molar-refractivity contribution in [3.8, 4) is 6.07 Å². The smallest absolute Gasteiger partial charge is 0.243 e. The second kappa shape index (κ2) is 9.37. The molecule has 4 N–H and O–H groups in total. The van der Waals surface area contributed by atoms with E-state index in [4.69, 9.17) is 11.0 Å². The minimum Gasteiger partial charge on any atom is -0.368 e. The largest absolute Gasteiger partial charge is 0.368 e. The molecule has 1 aromatic carbocycles. The van der Waals surface area contributed by atoms with Crippen molar-refractivity contribution in [2.45, 2.75) is 38.8 Å². The van der Waals surface area contributed by atoms with Gasteiger partial charge in [-0.05, 0) is 17.5 Å². The number of hydrogen-bond donors (Lipinski definition) is 3. The summed E-state index contributed by atoms with van der Waals surface area (Å²) in [6.45, 7) is 2.83. The predicted molar refractivity (Wildman–Crippen MR) is 88.2 cm³/mol. The fraction of sp³-hybridized carbons (Fsp3) is 0.412. The summed E-state index contributed by atoms with van der Waals surface area (Å²) in [5.41, 5.74) is 5.53. The Bertz CT molecular complexity index is 687. The molecule has 134 valence electrons. The molecule has 0 saturated heterocycles. The summed E-state index contributed by atoms with van der Waals surface area (Å²) >= 11 is 0. The third-order valence-electron chi connectivity index (χ3n) is 3.66. The zero-order valence-electron chi connectivity index (χ0n) is 14.1. The van der Waals surface area contributed by atoms with Crippen LogP contribution in [0.4, 0.5) is 4.39 Å². The van der Waals surface area contributed by atoms with E-state index in [1.54, 1.807) is 13.0 Å². The monoisotopic (exact) mass is 348 g/mol. The number of rotatable bonds is 8. The standard InChI is InChI=1S/C17H21FN4O3/c1-10(7-8-19)15(16(20)24)22-17(25)14(21-11(2)23)9-12-5-3-4-6-13(12)18/h3-6,10,14-15H,7,9H2,1-2H3,(H2,20,24)(H,21,23)(H,22,25)/t10-,14+,15-/m1/s1. The summed E-state index contributed by atoms with van der Waals surface area (Å²) in [5.74, 6) is -2.94. The van der Waals surface area contributed by atoms with Gasteiger partial charge < -0.3 is 16.4 Å². The number of benzene rings is 1. The molecule has 0 heterocycles. The van der Waals surface area contributed by atoms with Crippen LogP contribution in [-0.4, -0.2) is 29.8 Å². The zero-order chi connectivity index (χ0) is 19.0. The van der Waals surface area contributed by atoms with Gasteiger partial charge in [0.15, 0.2) is 0 Å². The van der Waals surface area contributed by atoms with Crippen LogP contribution in [0, 0.1) is 23.1 Å². The van der Waals surface area contributed by atoms with E-state index >= 15 is 0 Å². The van der Waals surface area contributed by atoms with Crippen molar-refractivity contribution in [2.75, 3.05) is 0 Å². The van der Waals surface area contributed by atoms with Gasteiger partial charge in [-0.1, -0.05) is 25.1 Å². The highest BCUT2D eigenvalue weighted by atomic mass is 19.1. The molecule has 0 spiro atoms. The second-order valence-corrected chi connectivity index (χ2v) is 5.78. The van der Waals surface area contributed by atoms with E-state index in [-0.39, 0.29) is 18.4 Å². The van der Waals surface area contributed by atoms with Gasteiger partial charge in [-0.15, -0.1) is 0 Å². The van der Waals surface area contributed by atoms with Gasteiger partial charge in [0.2, 0.25) is 17.7 Å². The maximum atomic E-state index is 13.8. The fourth-order valence-electron chi connectivity index (χ4n) is 2.35. The maximum absolute atomic E-state index is 13.8. The number of nitriles is 1. The Hall–Kier alpha value is -2.95. The Morgan fingerprint density at radius 3 is 2.44 bits per heavy atom. The van der Waals surface area contributed by atoms with E-state index < -0.39 is 41.5 Å². The van der Waals surface area contributed by atoms with Crippen molar-refractivity contribution in [1.82, 2.24) is 10.6 Å². The van der Waals surface area contributed by atoms with Crippen LogP contribution < -0.4 is 16.4 Å². The first kappa shape index (κ1) is 20.1. The summed E-state index contributed by atoms with van der Waals surface area (Å²) in [7, 11) is 0. The number of nitrogens with two attached hydrogens (primary N) is 1. The Labute approximate surface area is 145 Å². The van der Waals surface area contributed by atoms with Crippen LogP contribution in [0.3, 0.4) is 0 Å². The lowest BCUT2D eigenvalue weighted by Crippen LogP contribution is -2.55. The Morgan fingerprint density at radius 1 is 1.28 bits per heavy atom. The quantitative estimate of drug-likeness (QED) is 0.628. The maximum Gasteiger partial charge on any atom is 0.243 e. The number of nitrogens with zero attached hydrogens (tertiary/aromatic N) is 1. The molecule has 0 aromatic heterocycles. The molecule has 0 fully saturated rings. The molecule has 0 aliphatic heterocycles. The number of carbonyl (C=O) groups is 3. The zero-order valence-corrected chi connectivity index (χ0v) is 14.1. The minimum absolute atomic E-state index is 0.0198. The molecular weight excluding hydrogens is 327 g/mol. The van der Waals surface area contributed by atoms with E-state index in [0.717, 1.165) is 0 Å². The van der Waals surface area contributed by atoms with Gasteiger partial charge in [-0.3, -0.25) is 14.4 Å². The SMILES string of the molecule is CC(=O)N[C@@H](Cc1ccccc1F)C(=O)N[C@@H](C(N)=O)[C@H](C)CC#N. The van der Waals surface area contributed by atoms with Crippen molar-refractivity contribution in [3.63, 3.8) is 0 Å².